The summed E-state index contributed by atoms with van der Waals surface area (Å²) in [6, 6.07) is 0. The minimum absolute atomic E-state index is 0.0136. The number of carbonyl (C=O) groups is 2. The van der Waals surface area contributed by atoms with Gasteiger partial charge < -0.3 is 18.9 Å². The van der Waals surface area contributed by atoms with Crippen molar-refractivity contribution in [3.63, 3.8) is 0 Å². The molecule has 0 rings (SSSR count). The van der Waals surface area contributed by atoms with Gasteiger partial charge in [0.2, 0.25) is 6.29 Å². The third kappa shape index (κ3) is 5.47. The van der Waals surface area contributed by atoms with E-state index in [0.29, 0.717) is 0 Å². The lowest BCUT2D eigenvalue weighted by Crippen LogP contribution is -2.23. The van der Waals surface area contributed by atoms with Crippen molar-refractivity contribution in [2.45, 2.75) is 20.1 Å². The first-order valence-corrected chi connectivity index (χ1v) is 4.70. The summed E-state index contributed by atoms with van der Waals surface area (Å²) in [7, 11) is 1.44. The molecule has 0 amide bonds. The van der Waals surface area contributed by atoms with Crippen LogP contribution in [0.5, 0.6) is 0 Å². The van der Waals surface area contributed by atoms with Gasteiger partial charge >= 0.3 is 11.9 Å². The summed E-state index contributed by atoms with van der Waals surface area (Å²) in [5, 5.41) is 0. The van der Waals surface area contributed by atoms with E-state index in [2.05, 4.69) is 16.1 Å². The van der Waals surface area contributed by atoms with Crippen LogP contribution in [0.25, 0.3) is 0 Å². The Labute approximate surface area is 94.1 Å². The second-order valence-corrected chi connectivity index (χ2v) is 2.75. The van der Waals surface area contributed by atoms with Gasteiger partial charge in [-0.1, -0.05) is 6.58 Å². The maximum Gasteiger partial charge on any atom is 0.347 e. The zero-order valence-corrected chi connectivity index (χ0v) is 9.65. The standard InChI is InChI=1S/C10H16O6/c1-5-14-9(11)7(2)10(12)16-8(3)15-6-13-4/h8H,2,5-6H2,1,3-4H3. The van der Waals surface area contributed by atoms with Gasteiger partial charge in [-0.15, -0.1) is 0 Å². The molecule has 0 radical (unpaired) electrons. The molecular formula is C10H16O6. The van der Waals surface area contributed by atoms with Crippen molar-refractivity contribution >= 4 is 11.9 Å². The number of esters is 2. The van der Waals surface area contributed by atoms with Gasteiger partial charge in [0.15, 0.2) is 6.79 Å². The van der Waals surface area contributed by atoms with Crippen LogP contribution in [-0.2, 0) is 28.5 Å². The Morgan fingerprint density at radius 2 is 1.94 bits per heavy atom. The van der Waals surface area contributed by atoms with E-state index < -0.39 is 18.2 Å². The minimum atomic E-state index is -0.873. The van der Waals surface area contributed by atoms with Gasteiger partial charge in [0.1, 0.15) is 5.57 Å². The summed E-state index contributed by atoms with van der Waals surface area (Å²) < 4.78 is 18.8. The Balaban J connectivity index is 4.05. The van der Waals surface area contributed by atoms with Crippen LogP contribution in [0.4, 0.5) is 0 Å². The molecule has 0 aliphatic rings. The van der Waals surface area contributed by atoms with Crippen LogP contribution in [0.2, 0.25) is 0 Å². The zero-order chi connectivity index (χ0) is 12.6. The normalized spacial score (nSPS) is 11.7. The first-order valence-electron chi connectivity index (χ1n) is 4.70. The summed E-state index contributed by atoms with van der Waals surface area (Å²) in [4.78, 5) is 22.4. The summed E-state index contributed by atoms with van der Waals surface area (Å²) in [6.45, 7) is 6.55. The monoisotopic (exact) mass is 232 g/mol. The lowest BCUT2D eigenvalue weighted by atomic mass is 10.3. The molecular weight excluding hydrogens is 216 g/mol. The van der Waals surface area contributed by atoms with E-state index >= 15 is 0 Å². The van der Waals surface area contributed by atoms with Gasteiger partial charge in [0.05, 0.1) is 6.61 Å². The molecule has 0 spiro atoms. The maximum atomic E-state index is 11.3. The van der Waals surface area contributed by atoms with E-state index in [4.69, 9.17) is 9.47 Å². The highest BCUT2D eigenvalue weighted by molar-refractivity contribution is 6.13. The molecule has 0 fully saturated rings. The highest BCUT2D eigenvalue weighted by Gasteiger charge is 2.20. The number of ether oxygens (including phenoxy) is 4. The Hall–Kier alpha value is -1.40. The number of carbonyl (C=O) groups excluding carboxylic acids is 2. The smallest absolute Gasteiger partial charge is 0.347 e. The third-order valence-electron chi connectivity index (χ3n) is 1.46. The summed E-state index contributed by atoms with van der Waals surface area (Å²) in [6.07, 6.45) is -0.821. The van der Waals surface area contributed by atoms with Gasteiger partial charge in [0, 0.05) is 7.11 Å². The van der Waals surface area contributed by atoms with Crippen molar-refractivity contribution < 1.29 is 28.5 Å². The zero-order valence-electron chi connectivity index (χ0n) is 9.65. The molecule has 0 aliphatic carbocycles. The summed E-state index contributed by atoms with van der Waals surface area (Å²) in [5.41, 5.74) is -0.366. The van der Waals surface area contributed by atoms with Crippen molar-refractivity contribution in [2.24, 2.45) is 0 Å². The molecule has 92 valence electrons. The third-order valence-corrected chi connectivity index (χ3v) is 1.46. The van der Waals surface area contributed by atoms with Gasteiger partial charge in [-0.05, 0) is 13.8 Å². The van der Waals surface area contributed by atoms with E-state index in [1.807, 2.05) is 0 Å². The number of hydrogen-bond donors (Lipinski definition) is 0. The first kappa shape index (κ1) is 14.6. The largest absolute Gasteiger partial charge is 0.462 e. The molecule has 0 N–H and O–H groups in total. The quantitative estimate of drug-likeness (QED) is 0.211. The molecule has 0 heterocycles. The molecule has 0 bridgehead atoms. The van der Waals surface area contributed by atoms with Crippen molar-refractivity contribution in [3.05, 3.63) is 12.2 Å². The SMILES string of the molecule is C=C(C(=O)OCC)C(=O)OC(C)OCOC. The van der Waals surface area contributed by atoms with Gasteiger partial charge in [-0.25, -0.2) is 9.59 Å². The van der Waals surface area contributed by atoms with Crippen LogP contribution >= 0.6 is 0 Å². The fraction of sp³-hybridized carbons (Fsp3) is 0.600. The van der Waals surface area contributed by atoms with Gasteiger partial charge in [-0.2, -0.15) is 0 Å². The number of rotatable bonds is 7. The van der Waals surface area contributed by atoms with Gasteiger partial charge in [0.25, 0.3) is 0 Å². The molecule has 0 aromatic heterocycles. The fourth-order valence-corrected chi connectivity index (χ4v) is 0.721. The first-order chi connectivity index (χ1) is 7.52. The lowest BCUT2D eigenvalue weighted by Gasteiger charge is -2.13. The van der Waals surface area contributed by atoms with Crippen molar-refractivity contribution in [3.8, 4) is 0 Å². The Morgan fingerprint density at radius 3 is 2.44 bits per heavy atom. The second kappa shape index (κ2) is 7.84. The van der Waals surface area contributed by atoms with Crippen LogP contribution in [0.15, 0.2) is 12.2 Å². The van der Waals surface area contributed by atoms with Crippen LogP contribution in [0.3, 0.4) is 0 Å². The molecule has 6 nitrogen and oxygen atoms in total. The Bertz CT molecular complexity index is 260. The highest BCUT2D eigenvalue weighted by atomic mass is 16.8. The van der Waals surface area contributed by atoms with Crippen molar-refractivity contribution in [1.82, 2.24) is 0 Å². The van der Waals surface area contributed by atoms with E-state index in [-0.39, 0.29) is 19.0 Å². The minimum Gasteiger partial charge on any atom is -0.462 e. The van der Waals surface area contributed by atoms with Crippen LogP contribution in [0.1, 0.15) is 13.8 Å². The molecule has 6 heteroatoms. The molecule has 1 atom stereocenters. The molecule has 16 heavy (non-hydrogen) atoms. The van der Waals surface area contributed by atoms with E-state index in [1.165, 1.54) is 14.0 Å². The molecule has 0 aliphatic heterocycles. The number of hydrogen-bond acceptors (Lipinski definition) is 6. The highest BCUT2D eigenvalue weighted by Crippen LogP contribution is 2.02. The van der Waals surface area contributed by atoms with E-state index in [1.54, 1.807) is 6.92 Å². The average molecular weight is 232 g/mol. The van der Waals surface area contributed by atoms with Crippen LogP contribution < -0.4 is 0 Å². The van der Waals surface area contributed by atoms with Crippen LogP contribution in [0, 0.1) is 0 Å². The molecule has 0 saturated heterocycles. The lowest BCUT2D eigenvalue weighted by molar-refractivity contribution is -0.190. The van der Waals surface area contributed by atoms with Gasteiger partial charge in [-0.3, -0.25) is 0 Å². The molecule has 0 aromatic carbocycles. The van der Waals surface area contributed by atoms with Crippen molar-refractivity contribution in [1.29, 1.82) is 0 Å². The second-order valence-electron chi connectivity index (χ2n) is 2.75. The molecule has 0 aromatic rings. The summed E-state index contributed by atoms with van der Waals surface area (Å²) in [5.74, 6) is -1.67. The molecule has 0 saturated carbocycles. The maximum absolute atomic E-state index is 11.3. The Kier molecular flexibility index (Phi) is 7.15. The predicted molar refractivity (Wildman–Crippen MR) is 54.3 cm³/mol. The fourth-order valence-electron chi connectivity index (χ4n) is 0.721. The average Bonchev–Trinajstić information content (AvgIpc) is 2.25. The van der Waals surface area contributed by atoms with E-state index in [9.17, 15) is 9.59 Å². The number of methoxy groups -OCH3 is 1. The summed E-state index contributed by atoms with van der Waals surface area (Å²) >= 11 is 0. The van der Waals surface area contributed by atoms with Crippen LogP contribution in [-0.4, -0.2) is 38.7 Å². The molecule has 1 unspecified atom stereocenters. The predicted octanol–water partition coefficient (Wildman–Crippen LogP) is 0.615. The van der Waals surface area contributed by atoms with E-state index in [0.717, 1.165) is 0 Å². The van der Waals surface area contributed by atoms with Crippen molar-refractivity contribution in [2.75, 3.05) is 20.5 Å². The Morgan fingerprint density at radius 1 is 1.31 bits per heavy atom. The topological polar surface area (TPSA) is 71.1 Å².